The van der Waals surface area contributed by atoms with Gasteiger partial charge < -0.3 is 40.2 Å². The molecule has 1 saturated heterocycles. The molecule has 1 heterocycles. The van der Waals surface area contributed by atoms with Gasteiger partial charge in [-0.15, -0.1) is 0 Å². The molecule has 0 unspecified atom stereocenters. The number of amides is 4. The highest BCUT2D eigenvalue weighted by atomic mass is 33.1. The van der Waals surface area contributed by atoms with Crippen molar-refractivity contribution in [3.8, 4) is 0 Å². The molecule has 4 amide bonds. The Labute approximate surface area is 320 Å². The number of carbonyl (C=O) groups is 8. The molecule has 0 aromatic rings. The molecule has 0 saturated carbocycles. The minimum absolute atomic E-state index is 0.158. The van der Waals surface area contributed by atoms with E-state index in [0.717, 1.165) is 0 Å². The van der Waals surface area contributed by atoms with Gasteiger partial charge in [0.25, 0.3) is 0 Å². The van der Waals surface area contributed by atoms with Crippen molar-refractivity contribution in [2.24, 2.45) is 0 Å². The van der Waals surface area contributed by atoms with E-state index in [9.17, 15) is 38.4 Å². The third-order valence-electron chi connectivity index (χ3n) is 7.50. The van der Waals surface area contributed by atoms with E-state index in [1.54, 1.807) is 0 Å². The molecule has 0 aromatic heterocycles. The average molecular weight is 813 g/mol. The van der Waals surface area contributed by atoms with E-state index in [1.165, 1.54) is 71.6 Å². The van der Waals surface area contributed by atoms with Crippen LogP contribution in [0.1, 0.15) is 77.0 Å². The molecule has 16 nitrogen and oxygen atoms in total. The number of esters is 4. The fraction of sp³-hybridized carbons (Fsp3) is 0.750. The van der Waals surface area contributed by atoms with Crippen LogP contribution >= 0.6 is 43.2 Å². The second-order valence-corrected chi connectivity index (χ2v) is 16.6. The Morgan fingerprint density at radius 1 is 0.404 bits per heavy atom. The molecule has 0 radical (unpaired) electrons. The number of rotatable bonds is 4. The molecule has 4 atom stereocenters. The standard InChI is InChI=1S/C32H52N4O12S4/c1-45-29(41)21-17-49-50-18-22(30(42)46-2)34-26(38)15-11-7-8-12-16-28(40)36-24(32(44)48-4)20-52-51-19-23(31(43)47-3)35-27(39)14-10-6-5-9-13-25(37)33-21/h21-24H,5-20H2,1-4H3,(H,33,37)(H,34,38)(H,35,39)(H,36,40)/t21-,22-,23-,24-/m0/s1. The Kier molecular flexibility index (Phi) is 26.0. The molecule has 0 spiro atoms. The largest absolute Gasteiger partial charge is 0.467 e. The zero-order valence-corrected chi connectivity index (χ0v) is 33.4. The lowest BCUT2D eigenvalue weighted by atomic mass is 10.1. The van der Waals surface area contributed by atoms with E-state index in [2.05, 4.69) is 21.3 Å². The molecule has 20 heteroatoms. The molecule has 1 fully saturated rings. The zero-order chi connectivity index (χ0) is 38.7. The van der Waals surface area contributed by atoms with Crippen LogP contribution in [0.25, 0.3) is 0 Å². The minimum atomic E-state index is -0.918. The molecule has 296 valence electrons. The van der Waals surface area contributed by atoms with Crippen LogP contribution in [0.3, 0.4) is 0 Å². The van der Waals surface area contributed by atoms with E-state index < -0.39 is 48.0 Å². The maximum absolute atomic E-state index is 12.6. The first-order valence-electron chi connectivity index (χ1n) is 16.9. The minimum Gasteiger partial charge on any atom is -0.467 e. The quantitative estimate of drug-likeness (QED) is 0.181. The summed E-state index contributed by atoms with van der Waals surface area (Å²) in [5.41, 5.74) is 0. The van der Waals surface area contributed by atoms with Gasteiger partial charge in [0.2, 0.25) is 23.6 Å². The number of hydrogen-bond acceptors (Lipinski definition) is 16. The summed E-state index contributed by atoms with van der Waals surface area (Å²) >= 11 is 0. The van der Waals surface area contributed by atoms with E-state index in [-0.39, 0.29) is 72.3 Å². The van der Waals surface area contributed by atoms with Crippen LogP contribution in [-0.4, -0.2) is 123 Å². The summed E-state index contributed by atoms with van der Waals surface area (Å²) in [5.74, 6) is -3.16. The first-order chi connectivity index (χ1) is 24.9. The Balaban J connectivity index is 2.90. The molecule has 0 aromatic carbocycles. The second-order valence-electron chi connectivity index (χ2n) is 11.5. The van der Waals surface area contributed by atoms with Gasteiger partial charge in [-0.3, -0.25) is 19.2 Å². The van der Waals surface area contributed by atoms with Crippen LogP contribution in [0.15, 0.2) is 0 Å². The Bertz CT molecular complexity index is 1010. The van der Waals surface area contributed by atoms with Crippen molar-refractivity contribution in [1.29, 1.82) is 0 Å². The summed E-state index contributed by atoms with van der Waals surface area (Å²) in [7, 11) is 9.81. The lowest BCUT2D eigenvalue weighted by molar-refractivity contribution is -0.144. The van der Waals surface area contributed by atoms with Crippen molar-refractivity contribution in [2.45, 2.75) is 101 Å². The van der Waals surface area contributed by atoms with Crippen LogP contribution in [0.4, 0.5) is 0 Å². The fourth-order valence-electron chi connectivity index (χ4n) is 4.62. The van der Waals surface area contributed by atoms with Gasteiger partial charge in [-0.1, -0.05) is 68.9 Å². The van der Waals surface area contributed by atoms with Gasteiger partial charge in [0.15, 0.2) is 0 Å². The SMILES string of the molecule is COC(=O)[C@@H]1CSSC[C@@H](C(=O)OC)NC(=O)CCCCCCC(=O)N[C@H](C(=O)OC)CSSC[C@@H](C(=O)OC)NC(=O)CCCCCCC(=O)N1. The molecule has 0 aliphatic carbocycles. The van der Waals surface area contributed by atoms with Gasteiger partial charge in [-0.25, -0.2) is 19.2 Å². The molecular weight excluding hydrogens is 761 g/mol. The summed E-state index contributed by atoms with van der Waals surface area (Å²) in [5, 5.41) is 10.7. The van der Waals surface area contributed by atoms with Crippen molar-refractivity contribution < 1.29 is 57.3 Å². The predicted octanol–water partition coefficient (Wildman–Crippen LogP) is 2.08. The van der Waals surface area contributed by atoms with Gasteiger partial charge in [-0.2, -0.15) is 0 Å². The zero-order valence-electron chi connectivity index (χ0n) is 30.2. The number of ether oxygens (including phenoxy) is 4. The van der Waals surface area contributed by atoms with Crippen LogP contribution in [0, 0.1) is 0 Å². The van der Waals surface area contributed by atoms with Gasteiger partial charge in [0.05, 0.1) is 28.4 Å². The Morgan fingerprint density at radius 3 is 0.769 bits per heavy atom. The molecule has 1 rings (SSSR count). The first kappa shape index (κ1) is 47.2. The predicted molar refractivity (Wildman–Crippen MR) is 201 cm³/mol. The maximum Gasteiger partial charge on any atom is 0.329 e. The van der Waals surface area contributed by atoms with Crippen molar-refractivity contribution in [2.75, 3.05) is 51.5 Å². The summed E-state index contributed by atoms with van der Waals surface area (Å²) in [6, 6.07) is -3.67. The first-order valence-corrected chi connectivity index (χ1v) is 21.9. The lowest BCUT2D eigenvalue weighted by Crippen LogP contribution is -2.44. The normalized spacial score (nSPS) is 24.1. The average Bonchev–Trinajstić information content (AvgIpc) is 3.13. The monoisotopic (exact) mass is 812 g/mol. The van der Waals surface area contributed by atoms with Gasteiger partial charge in [0, 0.05) is 48.7 Å². The van der Waals surface area contributed by atoms with Crippen LogP contribution in [0.5, 0.6) is 0 Å². The van der Waals surface area contributed by atoms with Crippen molar-refractivity contribution in [3.63, 3.8) is 0 Å². The summed E-state index contributed by atoms with van der Waals surface area (Å²) < 4.78 is 19.3. The van der Waals surface area contributed by atoms with Crippen LogP contribution < -0.4 is 21.3 Å². The lowest BCUT2D eigenvalue weighted by Gasteiger charge is -2.18. The maximum atomic E-state index is 12.6. The molecular formula is C32H52N4O12S4. The summed E-state index contributed by atoms with van der Waals surface area (Å²) in [6.45, 7) is 0. The van der Waals surface area contributed by atoms with Gasteiger partial charge in [-0.05, 0) is 25.7 Å². The van der Waals surface area contributed by atoms with E-state index in [0.29, 0.717) is 51.4 Å². The van der Waals surface area contributed by atoms with Crippen LogP contribution in [-0.2, 0) is 57.3 Å². The molecule has 0 bridgehead atoms. The van der Waals surface area contributed by atoms with Crippen molar-refractivity contribution in [3.05, 3.63) is 0 Å². The second kappa shape index (κ2) is 28.6. The van der Waals surface area contributed by atoms with E-state index >= 15 is 0 Å². The smallest absolute Gasteiger partial charge is 0.329 e. The topological polar surface area (TPSA) is 222 Å². The van der Waals surface area contributed by atoms with Gasteiger partial charge >= 0.3 is 23.9 Å². The summed E-state index contributed by atoms with van der Waals surface area (Å²) in [6.07, 6.45) is 5.34. The Hall–Kier alpha value is -2.84. The number of nitrogens with one attached hydrogen (secondary N) is 4. The molecule has 4 N–H and O–H groups in total. The van der Waals surface area contributed by atoms with Crippen LogP contribution in [0.2, 0.25) is 0 Å². The Morgan fingerprint density at radius 2 is 0.596 bits per heavy atom. The highest BCUT2D eigenvalue weighted by Gasteiger charge is 2.26. The van der Waals surface area contributed by atoms with Crippen molar-refractivity contribution >= 4 is 90.7 Å². The number of hydrogen-bond donors (Lipinski definition) is 4. The van der Waals surface area contributed by atoms with Crippen molar-refractivity contribution in [1.82, 2.24) is 21.3 Å². The van der Waals surface area contributed by atoms with E-state index in [4.69, 9.17) is 18.9 Å². The number of methoxy groups -OCH3 is 4. The molecule has 1 aliphatic rings. The third-order valence-corrected chi connectivity index (χ3v) is 12.3. The fourth-order valence-corrected chi connectivity index (χ4v) is 9.22. The third kappa shape index (κ3) is 21.0. The number of carbonyl (C=O) groups excluding carboxylic acids is 8. The summed E-state index contributed by atoms with van der Waals surface area (Å²) in [4.78, 5) is 99.6. The molecule has 1 aliphatic heterocycles. The van der Waals surface area contributed by atoms with E-state index in [1.807, 2.05) is 0 Å². The molecule has 52 heavy (non-hydrogen) atoms. The highest BCUT2D eigenvalue weighted by Crippen LogP contribution is 2.25. The van der Waals surface area contributed by atoms with Gasteiger partial charge in [0.1, 0.15) is 24.2 Å². The highest BCUT2D eigenvalue weighted by molar-refractivity contribution is 8.77.